The van der Waals surface area contributed by atoms with Gasteiger partial charge in [-0.2, -0.15) is 0 Å². The number of hydrogen-bond donors (Lipinski definition) is 1. The molecule has 1 N–H and O–H groups in total. The van der Waals surface area contributed by atoms with Gasteiger partial charge in [0.05, 0.1) is 50.3 Å². The minimum Gasteiger partial charge on any atom is -0.382 e. The van der Waals surface area contributed by atoms with Crippen molar-refractivity contribution in [2.45, 2.75) is 12.6 Å². The van der Waals surface area contributed by atoms with E-state index in [0.29, 0.717) is 25.9 Å². The van der Waals surface area contributed by atoms with E-state index in [-0.39, 0.29) is 0 Å². The molecule has 142 valence electrons. The van der Waals surface area contributed by atoms with Crippen LogP contribution in [0.25, 0.3) is 22.2 Å². The van der Waals surface area contributed by atoms with E-state index in [1.54, 1.807) is 7.11 Å². The van der Waals surface area contributed by atoms with Crippen LogP contribution in [0.15, 0.2) is 48.5 Å². The number of ether oxygens (including phenoxy) is 3. The second-order valence-corrected chi connectivity index (χ2v) is 6.96. The summed E-state index contributed by atoms with van der Waals surface area (Å²) in [5.74, 6) is 0. The Morgan fingerprint density at radius 3 is 2.63 bits per heavy atom. The van der Waals surface area contributed by atoms with Crippen LogP contribution in [0.2, 0.25) is 0 Å². The highest BCUT2D eigenvalue weighted by Gasteiger charge is 2.21. The lowest BCUT2D eigenvalue weighted by Crippen LogP contribution is -2.40. The third kappa shape index (κ3) is 3.86. The maximum atomic E-state index is 5.75. The van der Waals surface area contributed by atoms with Crippen LogP contribution >= 0.6 is 0 Å². The fourth-order valence-corrected chi connectivity index (χ4v) is 3.52. The zero-order valence-corrected chi connectivity index (χ0v) is 15.9. The molecular weight excluding hydrogens is 340 g/mol. The lowest BCUT2D eigenvalue weighted by molar-refractivity contribution is 0.0211. The van der Waals surface area contributed by atoms with Gasteiger partial charge in [0, 0.05) is 25.2 Å². The van der Waals surface area contributed by atoms with Gasteiger partial charge in [0.25, 0.3) is 0 Å². The van der Waals surface area contributed by atoms with Crippen LogP contribution < -0.4 is 5.32 Å². The maximum absolute atomic E-state index is 5.75. The van der Waals surface area contributed by atoms with Gasteiger partial charge in [-0.15, -0.1) is 0 Å². The van der Waals surface area contributed by atoms with E-state index in [4.69, 9.17) is 14.2 Å². The molecule has 1 aliphatic heterocycles. The summed E-state index contributed by atoms with van der Waals surface area (Å²) in [6.07, 6.45) is 0. The molecule has 0 bridgehead atoms. The molecule has 2 aromatic carbocycles. The highest BCUT2D eigenvalue weighted by molar-refractivity contribution is 5.96. The summed E-state index contributed by atoms with van der Waals surface area (Å²) in [6, 6.07) is 17.5. The standard InChI is InChI=1S/C22H26N2O3/c1-24-21(17-6-4-3-5-7-17)12-18-10-16(13-26-9-8-25-2)11-20(22(18)24)23-19-14-27-15-19/h3-7,10-12,19,23H,8-9,13-15H2,1-2H3. The van der Waals surface area contributed by atoms with E-state index < -0.39 is 0 Å². The second kappa shape index (κ2) is 8.13. The van der Waals surface area contributed by atoms with Gasteiger partial charge in [-0.05, 0) is 29.3 Å². The number of rotatable bonds is 8. The van der Waals surface area contributed by atoms with Crippen LogP contribution in [0.3, 0.4) is 0 Å². The first-order chi connectivity index (χ1) is 13.3. The van der Waals surface area contributed by atoms with E-state index in [1.807, 2.05) is 6.07 Å². The summed E-state index contributed by atoms with van der Waals surface area (Å²) >= 11 is 0. The van der Waals surface area contributed by atoms with Gasteiger partial charge in [-0.1, -0.05) is 30.3 Å². The Kier molecular flexibility index (Phi) is 5.43. The number of fused-ring (bicyclic) bond motifs is 1. The summed E-state index contributed by atoms with van der Waals surface area (Å²) < 4.78 is 18.4. The van der Waals surface area contributed by atoms with Gasteiger partial charge in [0.2, 0.25) is 0 Å². The van der Waals surface area contributed by atoms with Crippen LogP contribution in [0.5, 0.6) is 0 Å². The van der Waals surface area contributed by atoms with Crippen LogP contribution in [0, 0.1) is 0 Å². The lowest BCUT2D eigenvalue weighted by Gasteiger charge is -2.28. The van der Waals surface area contributed by atoms with Crippen molar-refractivity contribution in [3.63, 3.8) is 0 Å². The molecule has 1 aromatic heterocycles. The van der Waals surface area contributed by atoms with E-state index in [0.717, 1.165) is 24.5 Å². The van der Waals surface area contributed by atoms with Crippen molar-refractivity contribution in [3.05, 3.63) is 54.1 Å². The van der Waals surface area contributed by atoms with E-state index in [9.17, 15) is 0 Å². The fraction of sp³-hybridized carbons (Fsp3) is 0.364. The normalized spacial score (nSPS) is 14.4. The first-order valence-electron chi connectivity index (χ1n) is 9.35. The Balaban J connectivity index is 1.71. The molecule has 27 heavy (non-hydrogen) atoms. The lowest BCUT2D eigenvalue weighted by atomic mass is 10.1. The van der Waals surface area contributed by atoms with Crippen molar-refractivity contribution in [1.29, 1.82) is 0 Å². The van der Waals surface area contributed by atoms with E-state index in [2.05, 4.69) is 59.4 Å². The zero-order chi connectivity index (χ0) is 18.6. The highest BCUT2D eigenvalue weighted by atomic mass is 16.5. The van der Waals surface area contributed by atoms with Gasteiger partial charge in [-0.25, -0.2) is 0 Å². The molecule has 0 unspecified atom stereocenters. The summed E-state index contributed by atoms with van der Waals surface area (Å²) in [5.41, 5.74) is 5.92. The maximum Gasteiger partial charge on any atom is 0.0729 e. The number of aromatic nitrogens is 1. The van der Waals surface area contributed by atoms with E-state index in [1.165, 1.54) is 22.2 Å². The third-order valence-electron chi connectivity index (χ3n) is 4.96. The summed E-state index contributed by atoms with van der Waals surface area (Å²) in [4.78, 5) is 0. The molecular formula is C22H26N2O3. The molecule has 0 saturated carbocycles. The molecule has 3 aromatic rings. The second-order valence-electron chi connectivity index (χ2n) is 6.96. The molecule has 1 aliphatic rings. The number of hydrogen-bond acceptors (Lipinski definition) is 4. The number of anilines is 1. The van der Waals surface area contributed by atoms with Crippen LogP contribution in [0.4, 0.5) is 5.69 Å². The Hall–Kier alpha value is -2.34. The molecule has 2 heterocycles. The van der Waals surface area contributed by atoms with Crippen molar-refractivity contribution in [2.75, 3.05) is 38.9 Å². The third-order valence-corrected chi connectivity index (χ3v) is 4.96. The molecule has 1 fully saturated rings. The number of benzene rings is 2. The minimum absolute atomic E-state index is 0.368. The van der Waals surface area contributed by atoms with Crippen molar-refractivity contribution in [2.24, 2.45) is 7.05 Å². The van der Waals surface area contributed by atoms with Crippen molar-refractivity contribution in [3.8, 4) is 11.3 Å². The van der Waals surface area contributed by atoms with Gasteiger partial charge < -0.3 is 24.1 Å². The average Bonchev–Trinajstić information content (AvgIpc) is 2.99. The smallest absolute Gasteiger partial charge is 0.0729 e. The Bertz CT molecular complexity index is 901. The average molecular weight is 366 g/mol. The van der Waals surface area contributed by atoms with E-state index >= 15 is 0 Å². The topological polar surface area (TPSA) is 44.6 Å². The van der Waals surface area contributed by atoms with Gasteiger partial charge in [0.1, 0.15) is 0 Å². The first-order valence-corrected chi connectivity index (χ1v) is 9.35. The molecule has 0 atom stereocenters. The fourth-order valence-electron chi connectivity index (χ4n) is 3.52. The number of nitrogens with zero attached hydrogens (tertiary/aromatic N) is 1. The summed E-state index contributed by atoms with van der Waals surface area (Å²) in [7, 11) is 3.81. The van der Waals surface area contributed by atoms with Crippen molar-refractivity contribution in [1.82, 2.24) is 4.57 Å². The number of nitrogens with one attached hydrogen (secondary N) is 1. The Morgan fingerprint density at radius 2 is 1.93 bits per heavy atom. The molecule has 4 rings (SSSR count). The molecule has 0 aliphatic carbocycles. The molecule has 5 heteroatoms. The first kappa shape index (κ1) is 18.0. The zero-order valence-electron chi connectivity index (χ0n) is 15.9. The largest absolute Gasteiger partial charge is 0.382 e. The number of aryl methyl sites for hydroxylation is 1. The molecule has 5 nitrogen and oxygen atoms in total. The van der Waals surface area contributed by atoms with Crippen LogP contribution in [0.1, 0.15) is 5.56 Å². The van der Waals surface area contributed by atoms with Gasteiger partial charge >= 0.3 is 0 Å². The van der Waals surface area contributed by atoms with Crippen molar-refractivity contribution < 1.29 is 14.2 Å². The summed E-state index contributed by atoms with van der Waals surface area (Å²) in [6.45, 7) is 3.29. The van der Waals surface area contributed by atoms with Crippen molar-refractivity contribution >= 4 is 16.6 Å². The van der Waals surface area contributed by atoms with Crippen LogP contribution in [-0.4, -0.2) is 44.1 Å². The van der Waals surface area contributed by atoms with Gasteiger partial charge in [0.15, 0.2) is 0 Å². The quantitative estimate of drug-likeness (QED) is 0.616. The minimum atomic E-state index is 0.368. The SMILES string of the molecule is COCCOCc1cc(NC2COC2)c2c(c1)cc(-c1ccccc1)n2C. The highest BCUT2D eigenvalue weighted by Crippen LogP contribution is 2.34. The predicted octanol–water partition coefficient (Wildman–Crippen LogP) is 3.82. The monoisotopic (exact) mass is 366 g/mol. The molecule has 0 radical (unpaired) electrons. The Labute approximate surface area is 159 Å². The molecule has 0 spiro atoms. The summed E-state index contributed by atoms with van der Waals surface area (Å²) in [5, 5.41) is 4.86. The predicted molar refractivity (Wildman–Crippen MR) is 108 cm³/mol. The molecule has 0 amide bonds. The molecule has 1 saturated heterocycles. The number of methoxy groups -OCH3 is 1. The Morgan fingerprint density at radius 1 is 1.11 bits per heavy atom. The van der Waals surface area contributed by atoms with Gasteiger partial charge in [-0.3, -0.25) is 0 Å². The van der Waals surface area contributed by atoms with Crippen LogP contribution in [-0.2, 0) is 27.9 Å².